The fourth-order valence-corrected chi connectivity index (χ4v) is 4.43. The number of carbonyl (C=O) groups is 1. The van der Waals surface area contributed by atoms with Gasteiger partial charge in [0.05, 0.1) is 19.1 Å². The van der Waals surface area contributed by atoms with E-state index in [1.54, 1.807) is 0 Å². The molecule has 2 aromatic rings. The van der Waals surface area contributed by atoms with Gasteiger partial charge in [-0.2, -0.15) is 0 Å². The van der Waals surface area contributed by atoms with Crippen molar-refractivity contribution in [3.05, 3.63) is 96.1 Å². The van der Waals surface area contributed by atoms with Crippen LogP contribution in [0, 0.1) is 5.92 Å². The van der Waals surface area contributed by atoms with Crippen molar-refractivity contribution in [1.82, 2.24) is 10.4 Å². The quantitative estimate of drug-likeness (QED) is 0.497. The average Bonchev–Trinajstić information content (AvgIpc) is 3.28. The molecule has 6 heteroatoms. The van der Waals surface area contributed by atoms with Crippen molar-refractivity contribution in [3.8, 4) is 0 Å². The Hall–Kier alpha value is -2.59. The number of allylic oxidation sites excluding steroid dienone is 2. The van der Waals surface area contributed by atoms with Crippen molar-refractivity contribution in [2.24, 2.45) is 5.92 Å². The highest BCUT2D eigenvalue weighted by Gasteiger charge is 2.39. The highest BCUT2D eigenvalue weighted by Crippen LogP contribution is 2.34. The van der Waals surface area contributed by atoms with Gasteiger partial charge in [-0.1, -0.05) is 90.1 Å². The van der Waals surface area contributed by atoms with Crippen molar-refractivity contribution in [2.75, 3.05) is 13.7 Å². The number of hydrogen-bond donors (Lipinski definition) is 2. The van der Waals surface area contributed by atoms with Crippen LogP contribution in [0.1, 0.15) is 17.2 Å². The number of nitrogens with one attached hydrogen (secondary N) is 2. The maximum atomic E-state index is 13.0. The molecule has 1 aliphatic rings. The smallest absolute Gasteiger partial charge is 0.452 e. The fraction of sp³-hybridized carbons (Fsp3) is 0.227. The predicted octanol–water partition coefficient (Wildman–Crippen LogP) is 3.94. The molecule has 0 fully saturated rings. The largest absolute Gasteiger partial charge is 0.468 e. The highest BCUT2D eigenvalue weighted by atomic mass is 31.1. The summed E-state index contributed by atoms with van der Waals surface area (Å²) in [5.41, 5.74) is 2.17. The van der Waals surface area contributed by atoms with Crippen molar-refractivity contribution < 1.29 is 14.1 Å². The van der Waals surface area contributed by atoms with Crippen LogP contribution in [0.2, 0.25) is 0 Å². The molecule has 144 valence electrons. The minimum absolute atomic E-state index is 0.0383. The highest BCUT2D eigenvalue weighted by molar-refractivity contribution is 7.43. The van der Waals surface area contributed by atoms with Gasteiger partial charge >= 0.3 is 13.9 Å². The van der Waals surface area contributed by atoms with Gasteiger partial charge in [0.25, 0.3) is 0 Å². The number of carbonyl (C=O) groups excluding carboxylic acids is 1. The molecule has 0 saturated heterocycles. The summed E-state index contributed by atoms with van der Waals surface area (Å²) >= 11 is 0. The Morgan fingerprint density at radius 3 is 2.04 bits per heavy atom. The van der Waals surface area contributed by atoms with Crippen LogP contribution >= 0.6 is 7.95 Å². The van der Waals surface area contributed by atoms with Crippen LogP contribution in [0.3, 0.4) is 0 Å². The van der Waals surface area contributed by atoms with Gasteiger partial charge in [0.15, 0.2) is 0 Å². The average molecular weight is 395 g/mol. The third-order valence-corrected chi connectivity index (χ3v) is 6.07. The van der Waals surface area contributed by atoms with Crippen LogP contribution in [0.25, 0.3) is 0 Å². The summed E-state index contributed by atoms with van der Waals surface area (Å²) in [6.45, 7) is -0.0919. The van der Waals surface area contributed by atoms with E-state index in [1.165, 1.54) is 7.11 Å². The van der Waals surface area contributed by atoms with E-state index in [-0.39, 0.29) is 24.3 Å². The van der Waals surface area contributed by atoms with Crippen LogP contribution < -0.4 is 10.4 Å². The maximum absolute atomic E-state index is 13.0. The Kier molecular flexibility index (Phi) is 7.26. The normalized spacial score (nSPS) is 15.0. The lowest BCUT2D eigenvalue weighted by Crippen LogP contribution is -2.38. The summed E-state index contributed by atoms with van der Waals surface area (Å²) in [6.07, 6.45) is 7.92. The Balaban J connectivity index is 1.87. The molecule has 0 aromatic heterocycles. The second-order valence-corrected chi connectivity index (χ2v) is 7.97. The standard InChI is InChI=1S/C22H24N2O3P/c1-27-20(25)16-23-28(26)22(19-14-8-9-15-19)24-21(17-10-4-2-5-11-17)18-12-6-3-7-13-18/h2-15,19,21-22,24H,16H2,1H3,(H,23,26)/q+1. The van der Waals surface area contributed by atoms with Gasteiger partial charge in [-0.25, -0.2) is 0 Å². The monoisotopic (exact) mass is 395 g/mol. The number of hydrogen-bond acceptors (Lipinski definition) is 4. The predicted molar refractivity (Wildman–Crippen MR) is 111 cm³/mol. The molecule has 3 rings (SSSR count). The van der Waals surface area contributed by atoms with Gasteiger partial charge < -0.3 is 4.74 Å². The summed E-state index contributed by atoms with van der Waals surface area (Å²) in [5, 5.41) is 6.39. The number of methoxy groups -OCH3 is 1. The Labute approximate surface area is 166 Å². The van der Waals surface area contributed by atoms with Crippen molar-refractivity contribution in [3.63, 3.8) is 0 Å². The van der Waals surface area contributed by atoms with Gasteiger partial charge in [-0.15, -0.1) is 0 Å². The summed E-state index contributed by atoms with van der Waals surface area (Å²) in [4.78, 5) is 11.5. The minimum atomic E-state index is -1.92. The molecule has 2 unspecified atom stereocenters. The summed E-state index contributed by atoms with van der Waals surface area (Å²) in [5.74, 6) is -0.869. The zero-order valence-electron chi connectivity index (χ0n) is 15.7. The SMILES string of the molecule is COC(=O)CN[P+](=O)C(NC(c1ccccc1)c1ccccc1)C1C=CC=C1. The summed E-state index contributed by atoms with van der Waals surface area (Å²) in [6, 6.07) is 20.0. The van der Waals surface area contributed by atoms with Crippen molar-refractivity contribution >= 4 is 13.9 Å². The number of benzene rings is 2. The third kappa shape index (κ3) is 5.23. The number of rotatable bonds is 9. The van der Waals surface area contributed by atoms with Gasteiger partial charge in [0, 0.05) is 0 Å². The van der Waals surface area contributed by atoms with Crippen LogP contribution in [0.15, 0.2) is 85.0 Å². The molecule has 0 amide bonds. The Bertz CT molecular complexity index is 801. The van der Waals surface area contributed by atoms with Crippen LogP contribution in [-0.4, -0.2) is 25.4 Å². The summed E-state index contributed by atoms with van der Waals surface area (Å²) < 4.78 is 17.7. The van der Waals surface area contributed by atoms with Gasteiger partial charge in [0.2, 0.25) is 5.78 Å². The van der Waals surface area contributed by atoms with Crippen molar-refractivity contribution in [1.29, 1.82) is 0 Å². The molecule has 0 bridgehead atoms. The molecule has 0 saturated carbocycles. The first-order valence-corrected chi connectivity index (χ1v) is 10.5. The lowest BCUT2D eigenvalue weighted by molar-refractivity contribution is -0.139. The second kappa shape index (κ2) is 10.1. The van der Waals surface area contributed by atoms with E-state index >= 15 is 0 Å². The molecule has 0 radical (unpaired) electrons. The molecular formula is C22H24N2O3P+. The lowest BCUT2D eigenvalue weighted by atomic mass is 9.98. The molecule has 5 nitrogen and oxygen atoms in total. The first kappa shape index (κ1) is 20.2. The van der Waals surface area contributed by atoms with E-state index in [1.807, 2.05) is 60.7 Å². The topological polar surface area (TPSA) is 67.4 Å². The number of esters is 1. The molecule has 28 heavy (non-hydrogen) atoms. The van der Waals surface area contributed by atoms with E-state index < -0.39 is 13.9 Å². The van der Waals surface area contributed by atoms with Gasteiger partial charge in [0.1, 0.15) is 6.54 Å². The Morgan fingerprint density at radius 1 is 1.00 bits per heavy atom. The molecular weight excluding hydrogens is 371 g/mol. The van der Waals surface area contributed by atoms with Crippen molar-refractivity contribution in [2.45, 2.75) is 11.8 Å². The molecule has 0 aliphatic heterocycles. The van der Waals surface area contributed by atoms with E-state index in [0.29, 0.717) is 0 Å². The first-order chi connectivity index (χ1) is 13.7. The molecule has 2 N–H and O–H groups in total. The molecule has 0 spiro atoms. The number of ether oxygens (including phenoxy) is 1. The molecule has 2 aromatic carbocycles. The van der Waals surface area contributed by atoms with Gasteiger partial charge in [-0.3, -0.25) is 10.1 Å². The van der Waals surface area contributed by atoms with Crippen LogP contribution in [0.5, 0.6) is 0 Å². The fourth-order valence-electron chi connectivity index (χ4n) is 3.15. The summed E-state index contributed by atoms with van der Waals surface area (Å²) in [7, 11) is -0.605. The van der Waals surface area contributed by atoms with E-state index in [4.69, 9.17) is 0 Å². The zero-order valence-corrected chi connectivity index (χ0v) is 16.6. The van der Waals surface area contributed by atoms with Gasteiger partial charge in [-0.05, 0) is 15.7 Å². The zero-order chi connectivity index (χ0) is 19.8. The Morgan fingerprint density at radius 2 is 1.54 bits per heavy atom. The third-order valence-electron chi connectivity index (χ3n) is 4.61. The van der Waals surface area contributed by atoms with E-state index in [2.05, 4.69) is 39.4 Å². The first-order valence-electron chi connectivity index (χ1n) is 9.16. The van der Waals surface area contributed by atoms with E-state index in [9.17, 15) is 9.36 Å². The van der Waals surface area contributed by atoms with Crippen LogP contribution in [0.4, 0.5) is 0 Å². The lowest BCUT2D eigenvalue weighted by Gasteiger charge is -2.23. The molecule has 1 aliphatic carbocycles. The molecule has 2 atom stereocenters. The van der Waals surface area contributed by atoms with Crippen LogP contribution in [-0.2, 0) is 14.1 Å². The second-order valence-electron chi connectivity index (χ2n) is 6.45. The maximum Gasteiger partial charge on any atom is 0.452 e. The van der Waals surface area contributed by atoms with E-state index in [0.717, 1.165) is 11.1 Å². The minimum Gasteiger partial charge on any atom is -0.468 e. The molecule has 0 heterocycles.